The van der Waals surface area contributed by atoms with Crippen molar-refractivity contribution >= 4 is 5.96 Å². The molecule has 0 radical (unpaired) electrons. The highest BCUT2D eigenvalue weighted by molar-refractivity contribution is 5.79. The predicted octanol–water partition coefficient (Wildman–Crippen LogP) is 2.85. The molecule has 0 heterocycles. The lowest BCUT2D eigenvalue weighted by atomic mass is 10.1. The average Bonchev–Trinajstić information content (AvgIpc) is 2.72. The molecule has 2 rings (SSSR count). The van der Waals surface area contributed by atoms with E-state index in [1.807, 2.05) is 32.3 Å². The molecular formula is C23H34N4O2. The monoisotopic (exact) mass is 398 g/mol. The molecule has 2 aromatic carbocycles. The van der Waals surface area contributed by atoms with Crippen molar-refractivity contribution in [1.29, 1.82) is 0 Å². The summed E-state index contributed by atoms with van der Waals surface area (Å²) < 4.78 is 11.3. The third-order valence-corrected chi connectivity index (χ3v) is 4.62. The van der Waals surface area contributed by atoms with Gasteiger partial charge in [-0.15, -0.1) is 0 Å². The van der Waals surface area contributed by atoms with Gasteiger partial charge in [0.2, 0.25) is 0 Å². The van der Waals surface area contributed by atoms with Crippen LogP contribution in [-0.4, -0.2) is 58.8 Å². The molecule has 0 saturated heterocycles. The molecule has 0 aromatic heterocycles. The first kappa shape index (κ1) is 22.6. The summed E-state index contributed by atoms with van der Waals surface area (Å²) in [5, 5.41) is 6.74. The lowest BCUT2D eigenvalue weighted by molar-refractivity contribution is 0.259. The van der Waals surface area contributed by atoms with E-state index in [1.165, 1.54) is 5.56 Å². The Kier molecular flexibility index (Phi) is 9.31. The Morgan fingerprint density at radius 1 is 1.07 bits per heavy atom. The number of hydrogen-bond donors (Lipinski definition) is 2. The molecule has 6 nitrogen and oxygen atoms in total. The number of methoxy groups -OCH3 is 1. The number of guanidine groups is 1. The molecule has 0 saturated carbocycles. The summed E-state index contributed by atoms with van der Waals surface area (Å²) in [5.74, 6) is 2.60. The van der Waals surface area contributed by atoms with E-state index in [-0.39, 0.29) is 0 Å². The summed E-state index contributed by atoms with van der Waals surface area (Å²) in [4.78, 5) is 6.43. The quantitative estimate of drug-likeness (QED) is 0.476. The first-order chi connectivity index (χ1) is 14.0. The van der Waals surface area contributed by atoms with Gasteiger partial charge in [0.1, 0.15) is 18.1 Å². The van der Waals surface area contributed by atoms with E-state index in [0.717, 1.165) is 48.1 Å². The molecule has 6 heteroatoms. The molecule has 0 amide bonds. The Balaban J connectivity index is 1.83. The van der Waals surface area contributed by atoms with Crippen LogP contribution < -0.4 is 20.1 Å². The number of likely N-dealkylation sites (N-methyl/N-ethyl adjacent to an activating group) is 1. The van der Waals surface area contributed by atoms with Gasteiger partial charge in [-0.1, -0.05) is 30.3 Å². The molecule has 0 atom stereocenters. The minimum absolute atomic E-state index is 0.649. The van der Waals surface area contributed by atoms with Gasteiger partial charge < -0.3 is 25.0 Å². The zero-order chi connectivity index (χ0) is 21.1. The van der Waals surface area contributed by atoms with Gasteiger partial charge in [-0.2, -0.15) is 0 Å². The first-order valence-electron chi connectivity index (χ1n) is 9.97. The Morgan fingerprint density at radius 2 is 1.86 bits per heavy atom. The maximum absolute atomic E-state index is 5.93. The maximum atomic E-state index is 5.93. The van der Waals surface area contributed by atoms with Gasteiger partial charge in [0.15, 0.2) is 5.96 Å². The standard InChI is InChI=1S/C23H34N4O2/c1-18-10-11-19(16-22(18)28-5)12-13-25-23(24-2)26-17-20-8-6-7-9-21(20)29-15-14-27(3)4/h6-11,16H,12-15,17H2,1-5H3,(H2,24,25,26). The van der Waals surface area contributed by atoms with Crippen molar-refractivity contribution in [3.8, 4) is 11.5 Å². The lowest BCUT2D eigenvalue weighted by Gasteiger charge is -2.16. The molecule has 158 valence electrons. The van der Waals surface area contributed by atoms with Gasteiger partial charge in [0.05, 0.1) is 7.11 Å². The Bertz CT molecular complexity index is 790. The number of benzene rings is 2. The molecule has 0 aliphatic rings. The average molecular weight is 399 g/mol. The number of aryl methyl sites for hydroxylation is 1. The second-order valence-electron chi connectivity index (χ2n) is 7.17. The van der Waals surface area contributed by atoms with Crippen molar-refractivity contribution in [3.05, 3.63) is 59.2 Å². The highest BCUT2D eigenvalue weighted by Gasteiger charge is 2.06. The van der Waals surface area contributed by atoms with Crippen LogP contribution in [0.15, 0.2) is 47.5 Å². The summed E-state index contributed by atoms with van der Waals surface area (Å²) in [6, 6.07) is 14.4. The van der Waals surface area contributed by atoms with Crippen LogP contribution in [0.5, 0.6) is 11.5 Å². The largest absolute Gasteiger partial charge is 0.496 e. The summed E-state index contributed by atoms with van der Waals surface area (Å²) in [6.45, 7) is 5.03. The molecule has 0 fully saturated rings. The van der Waals surface area contributed by atoms with E-state index in [9.17, 15) is 0 Å². The number of aliphatic imine (C=N–C) groups is 1. The lowest BCUT2D eigenvalue weighted by Crippen LogP contribution is -2.38. The van der Waals surface area contributed by atoms with Crippen LogP contribution in [0.3, 0.4) is 0 Å². The van der Waals surface area contributed by atoms with Gasteiger partial charge in [-0.3, -0.25) is 4.99 Å². The zero-order valence-corrected chi connectivity index (χ0v) is 18.3. The Morgan fingerprint density at radius 3 is 2.59 bits per heavy atom. The normalized spacial score (nSPS) is 11.4. The fraction of sp³-hybridized carbons (Fsp3) is 0.435. The van der Waals surface area contributed by atoms with E-state index in [0.29, 0.717) is 13.2 Å². The third kappa shape index (κ3) is 7.66. The number of ether oxygens (including phenoxy) is 2. The van der Waals surface area contributed by atoms with Crippen LogP contribution in [0.25, 0.3) is 0 Å². The molecule has 2 N–H and O–H groups in total. The predicted molar refractivity (Wildman–Crippen MR) is 120 cm³/mol. The van der Waals surface area contributed by atoms with Crippen LogP contribution >= 0.6 is 0 Å². The maximum Gasteiger partial charge on any atom is 0.191 e. The molecule has 0 unspecified atom stereocenters. The molecule has 0 aliphatic carbocycles. The van der Waals surface area contributed by atoms with Crippen molar-refractivity contribution in [2.45, 2.75) is 19.9 Å². The number of nitrogens with zero attached hydrogens (tertiary/aromatic N) is 2. The summed E-state index contributed by atoms with van der Waals surface area (Å²) in [5.41, 5.74) is 3.49. The molecule has 0 bridgehead atoms. The van der Waals surface area contributed by atoms with Crippen LogP contribution in [-0.2, 0) is 13.0 Å². The van der Waals surface area contributed by atoms with Crippen molar-refractivity contribution in [1.82, 2.24) is 15.5 Å². The highest BCUT2D eigenvalue weighted by atomic mass is 16.5. The third-order valence-electron chi connectivity index (χ3n) is 4.62. The van der Waals surface area contributed by atoms with Crippen molar-refractivity contribution in [2.75, 3.05) is 47.9 Å². The Hall–Kier alpha value is -2.73. The van der Waals surface area contributed by atoms with E-state index in [1.54, 1.807) is 14.2 Å². The highest BCUT2D eigenvalue weighted by Crippen LogP contribution is 2.19. The summed E-state index contributed by atoms with van der Waals surface area (Å²) >= 11 is 0. The summed E-state index contributed by atoms with van der Waals surface area (Å²) in [7, 11) is 7.57. The summed E-state index contributed by atoms with van der Waals surface area (Å²) in [6.07, 6.45) is 0.890. The van der Waals surface area contributed by atoms with Crippen LogP contribution in [0, 0.1) is 6.92 Å². The van der Waals surface area contributed by atoms with Gasteiger partial charge in [-0.05, 0) is 50.7 Å². The number of hydrogen-bond acceptors (Lipinski definition) is 4. The van der Waals surface area contributed by atoms with Crippen molar-refractivity contribution < 1.29 is 9.47 Å². The first-order valence-corrected chi connectivity index (χ1v) is 9.97. The van der Waals surface area contributed by atoms with E-state index in [4.69, 9.17) is 9.47 Å². The minimum Gasteiger partial charge on any atom is -0.496 e. The Labute approximate surface area is 174 Å². The minimum atomic E-state index is 0.649. The molecule has 2 aromatic rings. The number of nitrogens with one attached hydrogen (secondary N) is 2. The second kappa shape index (κ2) is 12.0. The van der Waals surface area contributed by atoms with Crippen molar-refractivity contribution in [2.24, 2.45) is 4.99 Å². The zero-order valence-electron chi connectivity index (χ0n) is 18.3. The SMILES string of the molecule is CN=C(NCCc1ccc(C)c(OC)c1)NCc1ccccc1OCCN(C)C. The van der Waals surface area contributed by atoms with E-state index >= 15 is 0 Å². The smallest absolute Gasteiger partial charge is 0.191 e. The van der Waals surface area contributed by atoms with Crippen LogP contribution in [0.2, 0.25) is 0 Å². The molecule has 29 heavy (non-hydrogen) atoms. The number of rotatable bonds is 10. The van der Waals surface area contributed by atoms with Crippen LogP contribution in [0.1, 0.15) is 16.7 Å². The molecule has 0 spiro atoms. The molecule has 0 aliphatic heterocycles. The van der Waals surface area contributed by atoms with E-state index < -0.39 is 0 Å². The van der Waals surface area contributed by atoms with Crippen LogP contribution in [0.4, 0.5) is 0 Å². The fourth-order valence-corrected chi connectivity index (χ4v) is 2.87. The van der Waals surface area contributed by atoms with Crippen molar-refractivity contribution in [3.63, 3.8) is 0 Å². The fourth-order valence-electron chi connectivity index (χ4n) is 2.87. The van der Waals surface area contributed by atoms with Gasteiger partial charge in [0, 0.05) is 32.2 Å². The van der Waals surface area contributed by atoms with Gasteiger partial charge in [0.25, 0.3) is 0 Å². The van der Waals surface area contributed by atoms with Gasteiger partial charge >= 0.3 is 0 Å². The van der Waals surface area contributed by atoms with E-state index in [2.05, 4.69) is 51.7 Å². The second-order valence-corrected chi connectivity index (χ2v) is 7.17. The van der Waals surface area contributed by atoms with Gasteiger partial charge in [-0.25, -0.2) is 0 Å². The molecular weight excluding hydrogens is 364 g/mol. The number of para-hydroxylation sites is 1. The topological polar surface area (TPSA) is 58.1 Å².